The van der Waals surface area contributed by atoms with Gasteiger partial charge >= 0.3 is 0 Å². The monoisotopic (exact) mass is 228 g/mol. The summed E-state index contributed by atoms with van der Waals surface area (Å²) in [6.45, 7) is 3.92. The van der Waals surface area contributed by atoms with Gasteiger partial charge in [0.2, 0.25) is 5.91 Å². The Bertz CT molecular complexity index is 243. The summed E-state index contributed by atoms with van der Waals surface area (Å²) in [4.78, 5) is 14.1. The second kappa shape index (κ2) is 6.05. The van der Waals surface area contributed by atoms with Crippen LogP contribution >= 0.6 is 12.2 Å². The van der Waals surface area contributed by atoms with Crippen LogP contribution in [0, 0.1) is 5.92 Å². The lowest BCUT2D eigenvalue weighted by atomic mass is 10.0. The first-order chi connectivity index (χ1) is 7.13. The first-order valence-electron chi connectivity index (χ1n) is 5.69. The number of hydrogen-bond donors (Lipinski definition) is 1. The quantitative estimate of drug-likeness (QED) is 0.704. The first-order valence-corrected chi connectivity index (χ1v) is 6.10. The molecule has 1 rings (SSSR count). The summed E-state index contributed by atoms with van der Waals surface area (Å²) in [6, 6.07) is 0. The van der Waals surface area contributed by atoms with Gasteiger partial charge in [-0.05, 0) is 25.2 Å². The molecule has 1 amide bonds. The molecule has 0 aromatic heterocycles. The van der Waals surface area contributed by atoms with Crippen LogP contribution in [0.25, 0.3) is 0 Å². The molecule has 0 radical (unpaired) electrons. The van der Waals surface area contributed by atoms with Crippen molar-refractivity contribution in [3.63, 3.8) is 0 Å². The Morgan fingerprint density at radius 2 is 2.40 bits per heavy atom. The molecule has 0 aromatic rings. The summed E-state index contributed by atoms with van der Waals surface area (Å²) < 4.78 is 0. The summed E-state index contributed by atoms with van der Waals surface area (Å²) in [7, 11) is 0. The van der Waals surface area contributed by atoms with E-state index in [4.69, 9.17) is 18.0 Å². The number of amides is 1. The third kappa shape index (κ3) is 4.16. The second-order valence-corrected chi connectivity index (χ2v) is 4.79. The molecule has 1 atom stereocenters. The van der Waals surface area contributed by atoms with Crippen molar-refractivity contribution >= 4 is 23.1 Å². The van der Waals surface area contributed by atoms with Gasteiger partial charge in [-0.2, -0.15) is 0 Å². The van der Waals surface area contributed by atoms with Gasteiger partial charge in [0.25, 0.3) is 0 Å². The number of nitrogens with zero attached hydrogens (tertiary/aromatic N) is 1. The maximum absolute atomic E-state index is 11.6. The lowest BCUT2D eigenvalue weighted by molar-refractivity contribution is -0.127. The molecule has 0 spiro atoms. The molecule has 1 heterocycles. The molecule has 2 N–H and O–H groups in total. The number of carbonyl (C=O) groups excluding carboxylic acids is 1. The predicted octanol–water partition coefficient (Wildman–Crippen LogP) is 1.70. The Labute approximate surface area is 97.0 Å². The molecule has 0 aromatic carbocycles. The van der Waals surface area contributed by atoms with Crippen LogP contribution in [-0.4, -0.2) is 28.9 Å². The summed E-state index contributed by atoms with van der Waals surface area (Å²) in [5.41, 5.74) is 5.41. The van der Waals surface area contributed by atoms with Crippen molar-refractivity contribution in [3.05, 3.63) is 0 Å². The molecule has 1 aliphatic rings. The van der Waals surface area contributed by atoms with E-state index in [2.05, 4.69) is 6.92 Å². The summed E-state index contributed by atoms with van der Waals surface area (Å²) in [5, 5.41) is 0. The molecule has 86 valence electrons. The van der Waals surface area contributed by atoms with Gasteiger partial charge in [-0.1, -0.05) is 25.6 Å². The van der Waals surface area contributed by atoms with Crippen LogP contribution in [0.3, 0.4) is 0 Å². The fourth-order valence-electron chi connectivity index (χ4n) is 2.12. The number of hydrogen-bond acceptors (Lipinski definition) is 2. The highest BCUT2D eigenvalue weighted by molar-refractivity contribution is 7.80. The molecule has 4 heteroatoms. The van der Waals surface area contributed by atoms with Crippen LogP contribution < -0.4 is 5.73 Å². The molecule has 0 bridgehead atoms. The number of rotatable bonds is 6. The van der Waals surface area contributed by atoms with Gasteiger partial charge in [0.05, 0.1) is 4.99 Å². The minimum Gasteiger partial charge on any atom is -0.393 e. The zero-order valence-electron chi connectivity index (χ0n) is 9.37. The predicted molar refractivity (Wildman–Crippen MR) is 65.6 cm³/mol. The highest BCUT2D eigenvalue weighted by Crippen LogP contribution is 2.22. The van der Waals surface area contributed by atoms with Crippen LogP contribution in [-0.2, 0) is 4.79 Å². The number of nitrogens with two attached hydrogens (primary N) is 1. The normalized spacial score (nSPS) is 21.0. The number of carbonyl (C=O) groups is 1. The Morgan fingerprint density at radius 1 is 1.67 bits per heavy atom. The van der Waals surface area contributed by atoms with E-state index in [0.29, 0.717) is 16.8 Å². The van der Waals surface area contributed by atoms with Gasteiger partial charge < -0.3 is 10.6 Å². The SMILES string of the molecule is CCCC1CC(=O)N(CCCC(N)=S)C1. The van der Waals surface area contributed by atoms with Crippen LogP contribution in [0.1, 0.15) is 39.0 Å². The van der Waals surface area contributed by atoms with Gasteiger partial charge in [0, 0.05) is 19.5 Å². The number of thiocarbonyl (C=S) groups is 1. The molecular weight excluding hydrogens is 208 g/mol. The highest BCUT2D eigenvalue weighted by Gasteiger charge is 2.27. The fourth-order valence-corrected chi connectivity index (χ4v) is 2.26. The minimum absolute atomic E-state index is 0.302. The molecule has 1 unspecified atom stereocenters. The van der Waals surface area contributed by atoms with Crippen LogP contribution in [0.15, 0.2) is 0 Å². The third-order valence-electron chi connectivity index (χ3n) is 2.84. The van der Waals surface area contributed by atoms with Crippen molar-refractivity contribution in [3.8, 4) is 0 Å². The zero-order valence-corrected chi connectivity index (χ0v) is 10.2. The molecular formula is C11H20N2OS. The average molecular weight is 228 g/mol. The lowest BCUT2D eigenvalue weighted by Crippen LogP contribution is -2.27. The topological polar surface area (TPSA) is 46.3 Å². The van der Waals surface area contributed by atoms with Gasteiger partial charge in [-0.15, -0.1) is 0 Å². The van der Waals surface area contributed by atoms with Crippen LogP contribution in [0.4, 0.5) is 0 Å². The van der Waals surface area contributed by atoms with Crippen molar-refractivity contribution in [2.45, 2.75) is 39.0 Å². The summed E-state index contributed by atoms with van der Waals surface area (Å²) in [6.07, 6.45) is 4.72. The van der Waals surface area contributed by atoms with E-state index < -0.39 is 0 Å². The van der Waals surface area contributed by atoms with Gasteiger partial charge in [-0.25, -0.2) is 0 Å². The zero-order chi connectivity index (χ0) is 11.3. The second-order valence-electron chi connectivity index (χ2n) is 4.27. The maximum atomic E-state index is 11.6. The Kier molecular flexibility index (Phi) is 5.02. The summed E-state index contributed by atoms with van der Waals surface area (Å²) >= 11 is 4.80. The smallest absolute Gasteiger partial charge is 0.222 e. The summed E-state index contributed by atoms with van der Waals surface area (Å²) in [5.74, 6) is 0.878. The molecule has 1 fully saturated rings. The van der Waals surface area contributed by atoms with E-state index in [1.807, 2.05) is 4.90 Å². The van der Waals surface area contributed by atoms with Gasteiger partial charge in [-0.3, -0.25) is 4.79 Å². The molecule has 1 aliphatic heterocycles. The molecule has 0 saturated carbocycles. The van der Waals surface area contributed by atoms with Crippen molar-refractivity contribution in [1.82, 2.24) is 4.90 Å². The van der Waals surface area contributed by atoms with E-state index in [-0.39, 0.29) is 0 Å². The molecule has 3 nitrogen and oxygen atoms in total. The van der Waals surface area contributed by atoms with E-state index in [0.717, 1.165) is 38.8 Å². The van der Waals surface area contributed by atoms with Gasteiger partial charge in [0.1, 0.15) is 0 Å². The van der Waals surface area contributed by atoms with Crippen molar-refractivity contribution in [1.29, 1.82) is 0 Å². The number of likely N-dealkylation sites (tertiary alicyclic amines) is 1. The van der Waals surface area contributed by atoms with E-state index in [9.17, 15) is 4.79 Å². The molecule has 15 heavy (non-hydrogen) atoms. The van der Waals surface area contributed by atoms with Crippen molar-refractivity contribution in [2.24, 2.45) is 11.7 Å². The Balaban J connectivity index is 2.25. The standard InChI is InChI=1S/C11H20N2OS/c1-2-4-9-7-11(14)13(8-9)6-3-5-10(12)15/h9H,2-8H2,1H3,(H2,12,15). The Hall–Kier alpha value is -0.640. The average Bonchev–Trinajstić information content (AvgIpc) is 2.47. The first kappa shape index (κ1) is 12.4. The fraction of sp³-hybridized carbons (Fsp3) is 0.818. The van der Waals surface area contributed by atoms with Gasteiger partial charge in [0.15, 0.2) is 0 Å². The molecule has 0 aliphatic carbocycles. The van der Waals surface area contributed by atoms with E-state index in [1.54, 1.807) is 0 Å². The molecule has 1 saturated heterocycles. The Morgan fingerprint density at radius 3 is 3.00 bits per heavy atom. The lowest BCUT2D eigenvalue weighted by Gasteiger charge is -2.16. The van der Waals surface area contributed by atoms with Crippen LogP contribution in [0.5, 0.6) is 0 Å². The highest BCUT2D eigenvalue weighted by atomic mass is 32.1. The van der Waals surface area contributed by atoms with Crippen molar-refractivity contribution < 1.29 is 4.79 Å². The third-order valence-corrected chi connectivity index (χ3v) is 3.05. The largest absolute Gasteiger partial charge is 0.393 e. The van der Waals surface area contributed by atoms with Crippen LogP contribution in [0.2, 0.25) is 0 Å². The maximum Gasteiger partial charge on any atom is 0.222 e. The van der Waals surface area contributed by atoms with E-state index >= 15 is 0 Å². The van der Waals surface area contributed by atoms with Crippen molar-refractivity contribution in [2.75, 3.05) is 13.1 Å². The van der Waals surface area contributed by atoms with E-state index in [1.165, 1.54) is 6.42 Å². The minimum atomic E-state index is 0.302.